The summed E-state index contributed by atoms with van der Waals surface area (Å²) >= 11 is 0. The van der Waals surface area contributed by atoms with Crippen LogP contribution in [-0.2, 0) is 22.6 Å². The van der Waals surface area contributed by atoms with Crippen molar-refractivity contribution in [2.75, 3.05) is 26.3 Å². The Balaban J connectivity index is 1.39. The Bertz CT molecular complexity index is 1040. The summed E-state index contributed by atoms with van der Waals surface area (Å²) in [6, 6.07) is 16.2. The minimum atomic E-state index is -0.567. The normalized spacial score (nSPS) is 14.7. The topological polar surface area (TPSA) is 92.5 Å². The number of nitrogens with zero attached hydrogens (tertiary/aromatic N) is 4. The lowest BCUT2D eigenvalue weighted by atomic mass is 10.1. The number of rotatable bonds is 7. The molecule has 1 saturated heterocycles. The first-order valence-corrected chi connectivity index (χ1v) is 10.2. The van der Waals surface area contributed by atoms with Crippen LogP contribution in [0.4, 0.5) is 0 Å². The molecular weight excluding hydrogens is 394 g/mol. The lowest BCUT2D eigenvalue weighted by Crippen LogP contribution is -2.35. The first kappa shape index (κ1) is 20.9. The standard InChI is InChI=1S/C23H25N5O3/c29-23(25-30)9-6-18-2-1-3-20(14-18)16-28-17-22(24-26-28)21-7-4-19(5-8-21)15-27-10-12-31-13-11-27/h1-9,14,17,30H,10-13,15-16H2,(H,25,29)/b9-6+. The molecular formula is C23H25N5O3. The summed E-state index contributed by atoms with van der Waals surface area (Å²) in [6.45, 7) is 5.05. The molecule has 1 aliphatic heterocycles. The van der Waals surface area contributed by atoms with Crippen LogP contribution in [0.25, 0.3) is 17.3 Å². The maximum Gasteiger partial charge on any atom is 0.267 e. The lowest BCUT2D eigenvalue weighted by molar-refractivity contribution is -0.124. The summed E-state index contributed by atoms with van der Waals surface area (Å²) in [4.78, 5) is 13.5. The van der Waals surface area contributed by atoms with Gasteiger partial charge in [-0.25, -0.2) is 10.2 Å². The Morgan fingerprint density at radius 1 is 1.10 bits per heavy atom. The van der Waals surface area contributed by atoms with Crippen molar-refractivity contribution in [3.63, 3.8) is 0 Å². The monoisotopic (exact) mass is 419 g/mol. The predicted molar refractivity (Wildman–Crippen MR) is 116 cm³/mol. The van der Waals surface area contributed by atoms with Crippen LogP contribution in [0.3, 0.4) is 0 Å². The second-order valence-corrected chi connectivity index (χ2v) is 7.44. The minimum absolute atomic E-state index is 0.565. The van der Waals surface area contributed by atoms with Gasteiger partial charge < -0.3 is 4.74 Å². The summed E-state index contributed by atoms with van der Waals surface area (Å²) < 4.78 is 7.20. The highest BCUT2D eigenvalue weighted by Crippen LogP contribution is 2.18. The number of hydrogen-bond acceptors (Lipinski definition) is 6. The lowest BCUT2D eigenvalue weighted by Gasteiger charge is -2.26. The van der Waals surface area contributed by atoms with Gasteiger partial charge in [0.05, 0.1) is 26.0 Å². The molecule has 0 spiro atoms. The van der Waals surface area contributed by atoms with Crippen molar-refractivity contribution >= 4 is 12.0 Å². The van der Waals surface area contributed by atoms with Crippen molar-refractivity contribution in [2.45, 2.75) is 13.1 Å². The highest BCUT2D eigenvalue weighted by atomic mass is 16.5. The Kier molecular flexibility index (Phi) is 6.83. The maximum atomic E-state index is 11.1. The molecule has 0 atom stereocenters. The molecule has 3 aromatic rings. The molecule has 2 heterocycles. The van der Waals surface area contributed by atoms with Gasteiger partial charge in [-0.05, 0) is 28.8 Å². The molecule has 0 unspecified atom stereocenters. The van der Waals surface area contributed by atoms with Gasteiger partial charge >= 0.3 is 0 Å². The minimum Gasteiger partial charge on any atom is -0.379 e. The maximum absolute atomic E-state index is 11.1. The molecule has 8 nitrogen and oxygen atoms in total. The number of aromatic nitrogens is 3. The largest absolute Gasteiger partial charge is 0.379 e. The second-order valence-electron chi connectivity index (χ2n) is 7.44. The summed E-state index contributed by atoms with van der Waals surface area (Å²) in [5.74, 6) is -0.567. The van der Waals surface area contributed by atoms with E-state index in [1.54, 1.807) is 16.2 Å². The number of morpholine rings is 1. The Labute approximate surface area is 180 Å². The molecule has 1 amide bonds. The third-order valence-corrected chi connectivity index (χ3v) is 5.13. The van der Waals surface area contributed by atoms with Gasteiger partial charge in [0.15, 0.2) is 0 Å². The fourth-order valence-electron chi connectivity index (χ4n) is 3.50. The van der Waals surface area contributed by atoms with Gasteiger partial charge in [-0.1, -0.05) is 47.7 Å². The molecule has 0 bridgehead atoms. The number of ether oxygens (including phenoxy) is 1. The van der Waals surface area contributed by atoms with E-state index in [1.807, 2.05) is 30.5 Å². The highest BCUT2D eigenvalue weighted by Gasteiger charge is 2.11. The van der Waals surface area contributed by atoms with Crippen molar-refractivity contribution in [3.8, 4) is 11.3 Å². The number of carbonyl (C=O) groups excluding carboxylic acids is 1. The van der Waals surface area contributed by atoms with Crippen molar-refractivity contribution in [3.05, 3.63) is 77.5 Å². The number of carbonyl (C=O) groups is 1. The van der Waals surface area contributed by atoms with Gasteiger partial charge in [-0.2, -0.15) is 0 Å². The van der Waals surface area contributed by atoms with Gasteiger partial charge in [-0.3, -0.25) is 14.9 Å². The Morgan fingerprint density at radius 2 is 1.90 bits per heavy atom. The van der Waals surface area contributed by atoms with E-state index in [0.717, 1.165) is 55.2 Å². The van der Waals surface area contributed by atoms with Crippen molar-refractivity contribution in [1.29, 1.82) is 0 Å². The second kappa shape index (κ2) is 10.1. The summed E-state index contributed by atoms with van der Waals surface area (Å²) in [6.07, 6.45) is 4.84. The molecule has 1 aromatic heterocycles. The Hall–Kier alpha value is -3.33. The molecule has 0 saturated carbocycles. The van der Waals surface area contributed by atoms with E-state index in [1.165, 1.54) is 11.6 Å². The molecule has 1 fully saturated rings. The van der Waals surface area contributed by atoms with Gasteiger partial charge in [0.1, 0.15) is 5.69 Å². The molecule has 160 valence electrons. The number of hydrogen-bond donors (Lipinski definition) is 2. The molecule has 0 aliphatic carbocycles. The summed E-state index contributed by atoms with van der Waals surface area (Å²) in [5.41, 5.74) is 6.60. The number of amides is 1. The third-order valence-electron chi connectivity index (χ3n) is 5.13. The number of hydroxylamine groups is 1. The van der Waals surface area contributed by atoms with E-state index in [9.17, 15) is 4.79 Å². The molecule has 4 rings (SSSR count). The van der Waals surface area contributed by atoms with Gasteiger partial charge in [0.2, 0.25) is 0 Å². The third kappa shape index (κ3) is 5.85. The molecule has 8 heteroatoms. The van der Waals surface area contributed by atoms with Crippen LogP contribution in [0, 0.1) is 0 Å². The van der Waals surface area contributed by atoms with Crippen LogP contribution in [-0.4, -0.2) is 57.3 Å². The van der Waals surface area contributed by atoms with Gasteiger partial charge in [0.25, 0.3) is 5.91 Å². The van der Waals surface area contributed by atoms with E-state index in [0.29, 0.717) is 6.54 Å². The van der Waals surface area contributed by atoms with E-state index in [2.05, 4.69) is 39.5 Å². The van der Waals surface area contributed by atoms with Crippen molar-refractivity contribution in [2.24, 2.45) is 0 Å². The SMILES string of the molecule is O=C(/C=C/c1cccc(Cn2cc(-c3ccc(CN4CCOCC4)cc3)nn2)c1)NO. The first-order valence-electron chi connectivity index (χ1n) is 10.2. The number of benzene rings is 2. The zero-order chi connectivity index (χ0) is 21.5. The van der Waals surface area contributed by atoms with Crippen LogP contribution >= 0.6 is 0 Å². The molecule has 0 radical (unpaired) electrons. The van der Waals surface area contributed by atoms with Crippen LogP contribution < -0.4 is 5.48 Å². The molecule has 2 aromatic carbocycles. The van der Waals surface area contributed by atoms with E-state index in [-0.39, 0.29) is 0 Å². The van der Waals surface area contributed by atoms with Crippen LogP contribution in [0.1, 0.15) is 16.7 Å². The Morgan fingerprint density at radius 3 is 2.68 bits per heavy atom. The number of nitrogens with one attached hydrogen (secondary N) is 1. The van der Waals surface area contributed by atoms with Crippen LogP contribution in [0.2, 0.25) is 0 Å². The zero-order valence-electron chi connectivity index (χ0n) is 17.1. The van der Waals surface area contributed by atoms with Gasteiger partial charge in [-0.15, -0.1) is 5.10 Å². The highest BCUT2D eigenvalue weighted by molar-refractivity contribution is 5.90. The summed E-state index contributed by atoms with van der Waals surface area (Å²) in [7, 11) is 0. The average molecular weight is 419 g/mol. The van der Waals surface area contributed by atoms with Crippen molar-refractivity contribution in [1.82, 2.24) is 25.4 Å². The fourth-order valence-corrected chi connectivity index (χ4v) is 3.50. The first-order chi connectivity index (χ1) is 15.2. The summed E-state index contributed by atoms with van der Waals surface area (Å²) in [5, 5.41) is 17.1. The van der Waals surface area contributed by atoms with E-state index < -0.39 is 5.91 Å². The fraction of sp³-hybridized carbons (Fsp3) is 0.261. The zero-order valence-corrected chi connectivity index (χ0v) is 17.1. The quantitative estimate of drug-likeness (QED) is 0.347. The van der Waals surface area contributed by atoms with Crippen LogP contribution in [0.5, 0.6) is 0 Å². The van der Waals surface area contributed by atoms with E-state index in [4.69, 9.17) is 9.94 Å². The van der Waals surface area contributed by atoms with Crippen molar-refractivity contribution < 1.29 is 14.7 Å². The molecule has 1 aliphatic rings. The predicted octanol–water partition coefficient (Wildman–Crippen LogP) is 2.34. The molecule has 2 N–H and O–H groups in total. The average Bonchev–Trinajstić information content (AvgIpc) is 3.27. The van der Waals surface area contributed by atoms with Crippen LogP contribution in [0.15, 0.2) is 60.8 Å². The van der Waals surface area contributed by atoms with Gasteiger partial charge in [0, 0.05) is 31.3 Å². The smallest absolute Gasteiger partial charge is 0.267 e. The van der Waals surface area contributed by atoms with E-state index >= 15 is 0 Å². The molecule has 31 heavy (non-hydrogen) atoms.